The largest absolute Gasteiger partial charge is 0.456 e. The summed E-state index contributed by atoms with van der Waals surface area (Å²) in [6.07, 6.45) is 3.62. The average Bonchev–Trinajstić information content (AvgIpc) is 2.97. The molecule has 2 aliphatic rings. The first-order chi connectivity index (χ1) is 13.0. The van der Waals surface area contributed by atoms with E-state index in [1.807, 2.05) is 0 Å². The fourth-order valence-electron chi connectivity index (χ4n) is 3.73. The highest BCUT2D eigenvalue weighted by molar-refractivity contribution is 5.68. The Morgan fingerprint density at radius 3 is 2.63 bits per heavy atom. The smallest absolute Gasteiger partial charge is 0.409 e. The zero-order valence-corrected chi connectivity index (χ0v) is 16.3. The van der Waals surface area contributed by atoms with E-state index in [1.165, 1.54) is 13.3 Å². The molecule has 1 aromatic heterocycles. The van der Waals surface area contributed by atoms with Crippen LogP contribution in [0.5, 0.6) is 0 Å². The van der Waals surface area contributed by atoms with Gasteiger partial charge in [0.05, 0.1) is 12.3 Å². The first kappa shape index (κ1) is 19.4. The van der Waals surface area contributed by atoms with E-state index in [-0.39, 0.29) is 24.1 Å². The third-order valence-corrected chi connectivity index (χ3v) is 5.13. The molecule has 2 unspecified atom stereocenters. The fourth-order valence-corrected chi connectivity index (χ4v) is 3.73. The number of unbranched alkanes of at least 4 members (excludes halogenated alkanes) is 1. The number of rotatable bonds is 5. The van der Waals surface area contributed by atoms with E-state index in [9.17, 15) is 9.59 Å². The molecule has 1 saturated heterocycles. The summed E-state index contributed by atoms with van der Waals surface area (Å²) in [5.74, 6) is 0.814. The quantitative estimate of drug-likeness (QED) is 0.577. The Morgan fingerprint density at radius 2 is 1.96 bits per heavy atom. The number of esters is 1. The minimum atomic E-state index is -0.302. The van der Waals surface area contributed by atoms with Gasteiger partial charge in [-0.2, -0.15) is 0 Å². The lowest BCUT2D eigenvalue weighted by Gasteiger charge is -2.35. The number of carbonyl (C=O) groups is 2. The summed E-state index contributed by atoms with van der Waals surface area (Å²) in [5.41, 5.74) is 1.87. The second kappa shape index (κ2) is 8.54. The maximum Gasteiger partial charge on any atom is 0.409 e. The molecule has 1 aliphatic carbocycles. The van der Waals surface area contributed by atoms with E-state index in [0.717, 1.165) is 36.3 Å². The van der Waals surface area contributed by atoms with Gasteiger partial charge in [0.15, 0.2) is 0 Å². The van der Waals surface area contributed by atoms with E-state index < -0.39 is 0 Å². The molecule has 1 fully saturated rings. The topological polar surface area (TPSA) is 84.9 Å². The van der Waals surface area contributed by atoms with Crippen molar-refractivity contribution in [3.63, 3.8) is 0 Å². The second-order valence-electron chi connectivity index (χ2n) is 7.17. The van der Waals surface area contributed by atoms with E-state index in [0.29, 0.717) is 32.8 Å². The van der Waals surface area contributed by atoms with Gasteiger partial charge in [-0.15, -0.1) is 0 Å². The van der Waals surface area contributed by atoms with Crippen LogP contribution >= 0.6 is 0 Å². The molecule has 0 saturated carbocycles. The highest BCUT2D eigenvalue weighted by Gasteiger charge is 2.36. The summed E-state index contributed by atoms with van der Waals surface area (Å²) in [5, 5.41) is 0. The molecule has 0 N–H and O–H groups in total. The summed E-state index contributed by atoms with van der Waals surface area (Å²) in [6, 6.07) is 0. The highest BCUT2D eigenvalue weighted by Crippen LogP contribution is 2.44. The Morgan fingerprint density at radius 1 is 1.22 bits per heavy atom. The molecule has 2 atom stereocenters. The molecule has 1 amide bonds. The number of fused-ring (bicyclic) bond motifs is 1. The SMILES string of the molecule is CCCCOC(=O)N1CCN(c2ncnc3c2C(C)CC3OC(C)=O)CC1. The van der Waals surface area contributed by atoms with Crippen molar-refractivity contribution in [2.45, 2.75) is 52.1 Å². The first-order valence-electron chi connectivity index (χ1n) is 9.69. The van der Waals surface area contributed by atoms with Crippen molar-refractivity contribution >= 4 is 17.9 Å². The third kappa shape index (κ3) is 4.31. The number of hydrogen-bond donors (Lipinski definition) is 0. The van der Waals surface area contributed by atoms with Gasteiger partial charge in [-0.25, -0.2) is 14.8 Å². The van der Waals surface area contributed by atoms with Crippen LogP contribution in [0, 0.1) is 0 Å². The lowest BCUT2D eigenvalue weighted by atomic mass is 10.1. The first-order valence-corrected chi connectivity index (χ1v) is 9.69. The van der Waals surface area contributed by atoms with Gasteiger partial charge >= 0.3 is 12.1 Å². The molecule has 0 spiro atoms. The van der Waals surface area contributed by atoms with Crippen LogP contribution in [0.3, 0.4) is 0 Å². The minimum absolute atomic E-state index is 0.220. The number of anilines is 1. The third-order valence-electron chi connectivity index (χ3n) is 5.13. The van der Waals surface area contributed by atoms with Crippen LogP contribution in [0.2, 0.25) is 0 Å². The normalized spacial score (nSPS) is 21.7. The van der Waals surface area contributed by atoms with Crippen molar-refractivity contribution < 1.29 is 19.1 Å². The Balaban J connectivity index is 1.66. The monoisotopic (exact) mass is 376 g/mol. The predicted molar refractivity (Wildman–Crippen MR) is 99.6 cm³/mol. The summed E-state index contributed by atoms with van der Waals surface area (Å²) in [6.45, 7) is 8.66. The molecule has 3 rings (SSSR count). The summed E-state index contributed by atoms with van der Waals surface area (Å²) < 4.78 is 10.7. The van der Waals surface area contributed by atoms with Gasteiger partial charge in [0, 0.05) is 38.7 Å². The molecule has 2 heterocycles. The highest BCUT2D eigenvalue weighted by atomic mass is 16.6. The van der Waals surface area contributed by atoms with E-state index in [4.69, 9.17) is 9.47 Å². The van der Waals surface area contributed by atoms with Crippen molar-refractivity contribution in [2.24, 2.45) is 0 Å². The average molecular weight is 376 g/mol. The van der Waals surface area contributed by atoms with Gasteiger partial charge in [-0.3, -0.25) is 4.79 Å². The molecule has 148 valence electrons. The van der Waals surface area contributed by atoms with Crippen molar-refractivity contribution in [1.29, 1.82) is 0 Å². The number of nitrogens with zero attached hydrogens (tertiary/aromatic N) is 4. The molecule has 0 aromatic carbocycles. The van der Waals surface area contributed by atoms with Crippen molar-refractivity contribution in [3.8, 4) is 0 Å². The van der Waals surface area contributed by atoms with Gasteiger partial charge in [0.25, 0.3) is 0 Å². The van der Waals surface area contributed by atoms with Gasteiger partial charge in [0.1, 0.15) is 18.2 Å². The zero-order chi connectivity index (χ0) is 19.4. The number of piperazine rings is 1. The Hall–Kier alpha value is -2.38. The molecular weight excluding hydrogens is 348 g/mol. The van der Waals surface area contributed by atoms with Gasteiger partial charge in [-0.05, 0) is 18.8 Å². The standard InChI is InChI=1S/C19H28N4O4/c1-4-5-10-26-19(25)23-8-6-22(7-9-23)18-16-13(2)11-15(27-14(3)24)17(16)20-12-21-18/h12-13,15H,4-11H2,1-3H3. The van der Waals surface area contributed by atoms with Gasteiger partial charge in [-0.1, -0.05) is 20.3 Å². The number of amides is 1. The number of aromatic nitrogens is 2. The molecule has 1 aromatic rings. The maximum atomic E-state index is 12.1. The molecule has 0 bridgehead atoms. The van der Waals surface area contributed by atoms with Crippen LogP contribution in [0.1, 0.15) is 63.3 Å². The second-order valence-corrected chi connectivity index (χ2v) is 7.17. The lowest BCUT2D eigenvalue weighted by Crippen LogP contribution is -2.49. The summed E-state index contributed by atoms with van der Waals surface area (Å²) in [4.78, 5) is 36.3. The van der Waals surface area contributed by atoms with Crippen LogP contribution in [0.15, 0.2) is 6.33 Å². The maximum absolute atomic E-state index is 12.1. The van der Waals surface area contributed by atoms with Crippen LogP contribution in [-0.4, -0.2) is 59.7 Å². The van der Waals surface area contributed by atoms with Crippen molar-refractivity contribution in [2.75, 3.05) is 37.7 Å². The lowest BCUT2D eigenvalue weighted by molar-refractivity contribution is -0.146. The van der Waals surface area contributed by atoms with Gasteiger partial charge < -0.3 is 19.3 Å². The summed E-state index contributed by atoms with van der Waals surface area (Å²) in [7, 11) is 0. The Kier molecular flexibility index (Phi) is 6.13. The van der Waals surface area contributed by atoms with Crippen LogP contribution in [0.4, 0.5) is 10.6 Å². The Bertz CT molecular complexity index is 688. The fraction of sp³-hybridized carbons (Fsp3) is 0.684. The zero-order valence-electron chi connectivity index (χ0n) is 16.3. The molecule has 8 heteroatoms. The Labute approximate surface area is 159 Å². The van der Waals surface area contributed by atoms with Crippen LogP contribution in [-0.2, 0) is 14.3 Å². The van der Waals surface area contributed by atoms with Crippen molar-refractivity contribution in [3.05, 3.63) is 17.6 Å². The molecule has 8 nitrogen and oxygen atoms in total. The minimum Gasteiger partial charge on any atom is -0.456 e. The molecule has 1 aliphatic heterocycles. The van der Waals surface area contributed by atoms with E-state index >= 15 is 0 Å². The predicted octanol–water partition coefficient (Wildman–Crippen LogP) is 2.65. The van der Waals surface area contributed by atoms with E-state index in [1.54, 1.807) is 4.90 Å². The van der Waals surface area contributed by atoms with Gasteiger partial charge in [0.2, 0.25) is 0 Å². The van der Waals surface area contributed by atoms with Crippen molar-refractivity contribution in [1.82, 2.24) is 14.9 Å². The summed E-state index contributed by atoms with van der Waals surface area (Å²) >= 11 is 0. The number of ether oxygens (including phenoxy) is 2. The van der Waals surface area contributed by atoms with E-state index in [2.05, 4.69) is 28.7 Å². The molecule has 27 heavy (non-hydrogen) atoms. The van der Waals surface area contributed by atoms with Crippen LogP contribution in [0.25, 0.3) is 0 Å². The molecule has 0 radical (unpaired) electrons. The number of carbonyl (C=O) groups excluding carboxylic acids is 2. The van der Waals surface area contributed by atoms with Crippen LogP contribution < -0.4 is 4.90 Å². The molecular formula is C19H28N4O4. The number of hydrogen-bond acceptors (Lipinski definition) is 7.